The van der Waals surface area contributed by atoms with E-state index < -0.39 is 0 Å². The SMILES string of the molecule is CC(NCCc1ccccc1F)c1cc2ccccc2s1. The van der Waals surface area contributed by atoms with Crippen molar-refractivity contribution in [2.24, 2.45) is 0 Å². The fourth-order valence-electron chi connectivity index (χ4n) is 2.44. The lowest BCUT2D eigenvalue weighted by Crippen LogP contribution is -2.20. The number of rotatable bonds is 5. The van der Waals surface area contributed by atoms with Crippen LogP contribution in [-0.4, -0.2) is 6.54 Å². The number of benzene rings is 2. The molecule has 0 radical (unpaired) electrons. The number of halogens is 1. The van der Waals surface area contributed by atoms with Crippen molar-refractivity contribution in [3.63, 3.8) is 0 Å². The van der Waals surface area contributed by atoms with Gasteiger partial charge in [-0.2, -0.15) is 0 Å². The molecule has 0 fully saturated rings. The molecule has 3 rings (SSSR count). The van der Waals surface area contributed by atoms with Crippen LogP contribution in [0.25, 0.3) is 10.1 Å². The van der Waals surface area contributed by atoms with Crippen molar-refractivity contribution < 1.29 is 4.39 Å². The second-order valence-electron chi connectivity index (χ2n) is 5.20. The Bertz CT molecular complexity index is 702. The quantitative estimate of drug-likeness (QED) is 0.704. The van der Waals surface area contributed by atoms with Gasteiger partial charge in [-0.1, -0.05) is 36.4 Å². The van der Waals surface area contributed by atoms with E-state index in [0.29, 0.717) is 6.42 Å². The smallest absolute Gasteiger partial charge is 0.126 e. The average molecular weight is 299 g/mol. The monoisotopic (exact) mass is 299 g/mol. The Labute approximate surface area is 128 Å². The van der Waals surface area contributed by atoms with Crippen molar-refractivity contribution in [1.29, 1.82) is 0 Å². The van der Waals surface area contributed by atoms with Crippen LogP contribution < -0.4 is 5.32 Å². The van der Waals surface area contributed by atoms with Crippen LogP contribution in [0.1, 0.15) is 23.4 Å². The first-order valence-electron chi connectivity index (χ1n) is 7.19. The van der Waals surface area contributed by atoms with E-state index in [1.807, 2.05) is 23.5 Å². The van der Waals surface area contributed by atoms with Gasteiger partial charge >= 0.3 is 0 Å². The highest BCUT2D eigenvalue weighted by Gasteiger charge is 2.09. The third-order valence-electron chi connectivity index (χ3n) is 3.67. The lowest BCUT2D eigenvalue weighted by molar-refractivity contribution is 0.564. The first-order chi connectivity index (χ1) is 10.2. The van der Waals surface area contributed by atoms with Crippen LogP contribution in [0, 0.1) is 5.82 Å². The predicted molar refractivity (Wildman–Crippen MR) is 88.3 cm³/mol. The lowest BCUT2D eigenvalue weighted by Gasteiger charge is -2.12. The van der Waals surface area contributed by atoms with Crippen LogP contribution in [0.3, 0.4) is 0 Å². The molecule has 21 heavy (non-hydrogen) atoms. The van der Waals surface area contributed by atoms with Gasteiger partial charge in [-0.15, -0.1) is 11.3 Å². The molecule has 1 aromatic heterocycles. The molecule has 0 spiro atoms. The Hall–Kier alpha value is -1.71. The summed E-state index contributed by atoms with van der Waals surface area (Å²) in [5.41, 5.74) is 0.772. The molecular weight excluding hydrogens is 281 g/mol. The molecule has 0 saturated heterocycles. The summed E-state index contributed by atoms with van der Waals surface area (Å²) in [4.78, 5) is 1.32. The molecule has 0 aliphatic heterocycles. The van der Waals surface area contributed by atoms with Gasteiger partial charge in [0.1, 0.15) is 5.82 Å². The molecule has 3 aromatic rings. The largest absolute Gasteiger partial charge is 0.309 e. The molecule has 0 bridgehead atoms. The van der Waals surface area contributed by atoms with Gasteiger partial charge in [-0.3, -0.25) is 0 Å². The Morgan fingerprint density at radius 3 is 2.67 bits per heavy atom. The lowest BCUT2D eigenvalue weighted by atomic mass is 10.1. The van der Waals surface area contributed by atoms with Gasteiger partial charge in [0.2, 0.25) is 0 Å². The van der Waals surface area contributed by atoms with Gasteiger partial charge in [-0.05, 0) is 49.0 Å². The van der Waals surface area contributed by atoms with Gasteiger partial charge < -0.3 is 5.32 Å². The van der Waals surface area contributed by atoms with E-state index in [9.17, 15) is 4.39 Å². The maximum atomic E-state index is 13.6. The zero-order valence-electron chi connectivity index (χ0n) is 12.0. The second kappa shape index (κ2) is 6.37. The van der Waals surface area contributed by atoms with Crippen LogP contribution in [-0.2, 0) is 6.42 Å². The second-order valence-corrected chi connectivity index (χ2v) is 6.32. The van der Waals surface area contributed by atoms with Crippen molar-refractivity contribution in [1.82, 2.24) is 5.32 Å². The minimum atomic E-state index is -0.117. The van der Waals surface area contributed by atoms with E-state index in [4.69, 9.17) is 0 Å². The molecule has 1 unspecified atom stereocenters. The molecule has 0 amide bonds. The van der Waals surface area contributed by atoms with E-state index in [-0.39, 0.29) is 11.9 Å². The molecule has 1 N–H and O–H groups in total. The molecule has 1 heterocycles. The normalized spacial score (nSPS) is 12.7. The van der Waals surface area contributed by atoms with Crippen molar-refractivity contribution in [2.45, 2.75) is 19.4 Å². The summed E-state index contributed by atoms with van der Waals surface area (Å²) in [6.45, 7) is 2.93. The molecule has 0 aliphatic carbocycles. The van der Waals surface area contributed by atoms with Crippen molar-refractivity contribution in [3.8, 4) is 0 Å². The third-order valence-corrected chi connectivity index (χ3v) is 4.97. The summed E-state index contributed by atoms with van der Waals surface area (Å²) in [6.07, 6.45) is 0.710. The fourth-order valence-corrected chi connectivity index (χ4v) is 3.53. The van der Waals surface area contributed by atoms with Gasteiger partial charge in [0.15, 0.2) is 0 Å². The number of fused-ring (bicyclic) bond motifs is 1. The standard InChI is InChI=1S/C18H18FNS/c1-13(18-12-15-7-3-5-9-17(15)21-18)20-11-10-14-6-2-4-8-16(14)19/h2-9,12-13,20H,10-11H2,1H3. The van der Waals surface area contributed by atoms with Crippen molar-refractivity contribution in [3.05, 3.63) is 70.9 Å². The summed E-state index contributed by atoms with van der Waals surface area (Å²) < 4.78 is 14.9. The van der Waals surface area contributed by atoms with Crippen LogP contribution in [0.5, 0.6) is 0 Å². The molecule has 2 aromatic carbocycles. The molecule has 0 aliphatic rings. The highest BCUT2D eigenvalue weighted by Crippen LogP contribution is 2.29. The van der Waals surface area contributed by atoms with E-state index in [1.165, 1.54) is 21.0 Å². The number of hydrogen-bond donors (Lipinski definition) is 1. The van der Waals surface area contributed by atoms with Gasteiger partial charge in [0, 0.05) is 15.6 Å². The van der Waals surface area contributed by atoms with Gasteiger partial charge in [0.05, 0.1) is 0 Å². The number of nitrogens with one attached hydrogen (secondary N) is 1. The summed E-state index contributed by atoms with van der Waals surface area (Å²) in [5, 5.41) is 4.77. The maximum Gasteiger partial charge on any atom is 0.126 e. The molecule has 0 saturated carbocycles. The van der Waals surface area contributed by atoms with Gasteiger partial charge in [-0.25, -0.2) is 4.39 Å². The Kier molecular flexibility index (Phi) is 4.32. The van der Waals surface area contributed by atoms with Crippen molar-refractivity contribution >= 4 is 21.4 Å². The summed E-state index contributed by atoms with van der Waals surface area (Å²) >= 11 is 1.82. The Balaban J connectivity index is 1.61. The number of hydrogen-bond acceptors (Lipinski definition) is 2. The van der Waals surface area contributed by atoms with E-state index in [1.54, 1.807) is 6.07 Å². The first-order valence-corrected chi connectivity index (χ1v) is 8.01. The first kappa shape index (κ1) is 14.2. The zero-order valence-corrected chi connectivity index (χ0v) is 12.8. The molecule has 108 valence electrons. The minimum Gasteiger partial charge on any atom is -0.309 e. The summed E-state index contributed by atoms with van der Waals surface area (Å²) in [6, 6.07) is 17.9. The highest BCUT2D eigenvalue weighted by molar-refractivity contribution is 7.19. The highest BCUT2D eigenvalue weighted by atomic mass is 32.1. The molecule has 3 heteroatoms. The van der Waals surface area contributed by atoms with Crippen LogP contribution in [0.4, 0.5) is 4.39 Å². The summed E-state index contributed by atoms with van der Waals surface area (Å²) in [5.74, 6) is -0.117. The van der Waals surface area contributed by atoms with E-state index in [2.05, 4.69) is 42.6 Å². The number of thiophene rings is 1. The molecular formula is C18H18FNS. The predicted octanol–water partition coefficient (Wildman–Crippen LogP) is 4.93. The fraction of sp³-hybridized carbons (Fsp3) is 0.222. The molecule has 1 nitrogen and oxygen atoms in total. The van der Waals surface area contributed by atoms with E-state index >= 15 is 0 Å². The third kappa shape index (κ3) is 3.31. The van der Waals surface area contributed by atoms with E-state index in [0.717, 1.165) is 12.1 Å². The van der Waals surface area contributed by atoms with Crippen LogP contribution in [0.2, 0.25) is 0 Å². The minimum absolute atomic E-state index is 0.117. The topological polar surface area (TPSA) is 12.0 Å². The van der Waals surface area contributed by atoms with Gasteiger partial charge in [0.25, 0.3) is 0 Å². The van der Waals surface area contributed by atoms with Crippen molar-refractivity contribution in [2.75, 3.05) is 6.54 Å². The zero-order chi connectivity index (χ0) is 14.7. The van der Waals surface area contributed by atoms with Crippen LogP contribution >= 0.6 is 11.3 Å². The average Bonchev–Trinajstić information content (AvgIpc) is 2.93. The Morgan fingerprint density at radius 2 is 1.86 bits per heavy atom. The van der Waals surface area contributed by atoms with Crippen LogP contribution in [0.15, 0.2) is 54.6 Å². The summed E-state index contributed by atoms with van der Waals surface area (Å²) in [7, 11) is 0. The maximum absolute atomic E-state index is 13.6. The molecule has 1 atom stereocenters. The Morgan fingerprint density at radius 1 is 1.10 bits per heavy atom.